The smallest absolute Gasteiger partial charge is 0.131 e. The molecule has 2 aromatic rings. The van der Waals surface area contributed by atoms with E-state index in [1.807, 2.05) is 24.3 Å². The highest BCUT2D eigenvalue weighted by atomic mass is 35.5. The quantitative estimate of drug-likeness (QED) is 0.827. The minimum absolute atomic E-state index is 0.175. The topological polar surface area (TPSA) is 37.8 Å². The number of pyridine rings is 2. The van der Waals surface area contributed by atoms with Gasteiger partial charge in [-0.3, -0.25) is 4.98 Å². The molecule has 0 bridgehead atoms. The summed E-state index contributed by atoms with van der Waals surface area (Å²) < 4.78 is 0. The van der Waals surface area contributed by atoms with Crippen LogP contribution in [0.4, 0.5) is 5.82 Å². The highest BCUT2D eigenvalue weighted by Gasteiger charge is 2.05. The van der Waals surface area contributed by atoms with Crippen LogP contribution in [0.1, 0.15) is 18.5 Å². The van der Waals surface area contributed by atoms with Crippen molar-refractivity contribution in [2.24, 2.45) is 0 Å². The third kappa shape index (κ3) is 2.70. The van der Waals surface area contributed by atoms with E-state index in [0.29, 0.717) is 5.15 Å². The van der Waals surface area contributed by atoms with Gasteiger partial charge in [-0.25, -0.2) is 4.98 Å². The molecule has 2 rings (SSSR count). The van der Waals surface area contributed by atoms with Gasteiger partial charge < -0.3 is 5.32 Å². The molecule has 0 fully saturated rings. The molecule has 0 aliphatic heterocycles. The molecule has 16 heavy (non-hydrogen) atoms. The Morgan fingerprint density at radius 3 is 2.62 bits per heavy atom. The predicted molar refractivity (Wildman–Crippen MR) is 65.5 cm³/mol. The Labute approximate surface area is 99.5 Å². The van der Waals surface area contributed by atoms with Crippen molar-refractivity contribution < 1.29 is 0 Å². The van der Waals surface area contributed by atoms with Crippen molar-refractivity contribution >= 4 is 17.4 Å². The lowest BCUT2D eigenvalue weighted by atomic mass is 10.1. The zero-order valence-electron chi connectivity index (χ0n) is 8.89. The molecular formula is C12H12ClN3. The minimum Gasteiger partial charge on any atom is -0.364 e. The molecule has 0 spiro atoms. The van der Waals surface area contributed by atoms with E-state index in [4.69, 9.17) is 11.6 Å². The fraction of sp³-hybridized carbons (Fsp3) is 0.167. The van der Waals surface area contributed by atoms with E-state index in [0.717, 1.165) is 11.4 Å². The molecule has 1 atom stereocenters. The maximum Gasteiger partial charge on any atom is 0.131 e. The molecule has 1 N–H and O–H groups in total. The highest BCUT2D eigenvalue weighted by Crippen LogP contribution is 2.17. The summed E-state index contributed by atoms with van der Waals surface area (Å²) in [6.45, 7) is 2.07. The van der Waals surface area contributed by atoms with E-state index in [1.54, 1.807) is 18.5 Å². The second kappa shape index (κ2) is 4.94. The normalized spacial score (nSPS) is 12.1. The van der Waals surface area contributed by atoms with Gasteiger partial charge in [-0.05, 0) is 36.8 Å². The maximum absolute atomic E-state index is 5.81. The summed E-state index contributed by atoms with van der Waals surface area (Å²) in [6.07, 6.45) is 3.55. The van der Waals surface area contributed by atoms with Crippen molar-refractivity contribution in [3.05, 3.63) is 53.4 Å². The Morgan fingerprint density at radius 2 is 1.94 bits per heavy atom. The Balaban J connectivity index is 2.11. The molecule has 82 valence electrons. The fourth-order valence-electron chi connectivity index (χ4n) is 1.45. The van der Waals surface area contributed by atoms with Crippen LogP contribution in [0.3, 0.4) is 0 Å². The molecule has 4 heteroatoms. The number of rotatable bonds is 3. The molecule has 0 aliphatic carbocycles. The van der Waals surface area contributed by atoms with Crippen molar-refractivity contribution in [2.45, 2.75) is 13.0 Å². The molecule has 1 unspecified atom stereocenters. The lowest BCUT2D eigenvalue weighted by Crippen LogP contribution is -2.07. The zero-order valence-corrected chi connectivity index (χ0v) is 9.65. The summed E-state index contributed by atoms with van der Waals surface area (Å²) >= 11 is 5.81. The molecule has 0 aromatic carbocycles. The van der Waals surface area contributed by atoms with Crippen molar-refractivity contribution in [1.82, 2.24) is 9.97 Å². The summed E-state index contributed by atoms with van der Waals surface area (Å²) in [7, 11) is 0. The monoisotopic (exact) mass is 233 g/mol. The average molecular weight is 234 g/mol. The first-order chi connectivity index (χ1) is 7.75. The number of hydrogen-bond acceptors (Lipinski definition) is 3. The van der Waals surface area contributed by atoms with Crippen molar-refractivity contribution in [1.29, 1.82) is 0 Å². The van der Waals surface area contributed by atoms with Gasteiger partial charge in [0.25, 0.3) is 0 Å². The predicted octanol–water partition coefficient (Wildman–Crippen LogP) is 3.30. The number of nitrogens with one attached hydrogen (secondary N) is 1. The van der Waals surface area contributed by atoms with Crippen LogP contribution in [0.5, 0.6) is 0 Å². The van der Waals surface area contributed by atoms with Gasteiger partial charge >= 0.3 is 0 Å². The first-order valence-corrected chi connectivity index (χ1v) is 5.42. The largest absolute Gasteiger partial charge is 0.364 e. The van der Waals surface area contributed by atoms with Gasteiger partial charge in [-0.2, -0.15) is 0 Å². The van der Waals surface area contributed by atoms with Crippen LogP contribution in [0.25, 0.3) is 0 Å². The number of aromatic nitrogens is 2. The number of halogens is 1. The molecule has 0 radical (unpaired) electrons. The van der Waals surface area contributed by atoms with Crippen LogP contribution < -0.4 is 5.32 Å². The summed E-state index contributed by atoms with van der Waals surface area (Å²) in [4.78, 5) is 8.16. The van der Waals surface area contributed by atoms with Crippen molar-refractivity contribution in [2.75, 3.05) is 5.32 Å². The summed E-state index contributed by atoms with van der Waals surface area (Å²) in [5.41, 5.74) is 1.16. The summed E-state index contributed by atoms with van der Waals surface area (Å²) in [6, 6.07) is 9.64. The van der Waals surface area contributed by atoms with E-state index in [1.165, 1.54) is 0 Å². The zero-order chi connectivity index (χ0) is 11.4. The molecule has 2 aromatic heterocycles. The summed E-state index contributed by atoms with van der Waals surface area (Å²) in [5.74, 6) is 0.775. The van der Waals surface area contributed by atoms with Crippen LogP contribution in [0.2, 0.25) is 5.15 Å². The second-order valence-corrected chi connectivity index (χ2v) is 3.88. The lowest BCUT2D eigenvalue weighted by molar-refractivity contribution is 0.871. The van der Waals surface area contributed by atoms with Crippen LogP contribution in [-0.2, 0) is 0 Å². The Morgan fingerprint density at radius 1 is 1.19 bits per heavy atom. The molecule has 3 nitrogen and oxygen atoms in total. The van der Waals surface area contributed by atoms with Crippen LogP contribution >= 0.6 is 11.6 Å². The summed E-state index contributed by atoms with van der Waals surface area (Å²) in [5, 5.41) is 3.77. The molecule has 2 heterocycles. The third-order valence-corrected chi connectivity index (χ3v) is 2.50. The van der Waals surface area contributed by atoms with E-state index < -0.39 is 0 Å². The second-order valence-electron chi connectivity index (χ2n) is 3.49. The van der Waals surface area contributed by atoms with E-state index >= 15 is 0 Å². The van der Waals surface area contributed by atoms with Gasteiger partial charge in [0.1, 0.15) is 11.0 Å². The van der Waals surface area contributed by atoms with E-state index in [2.05, 4.69) is 22.2 Å². The maximum atomic E-state index is 5.81. The number of nitrogens with zero attached hydrogens (tertiary/aromatic N) is 2. The standard InChI is InChI=1S/C12H12ClN3/c1-9(10-5-7-14-8-6-10)15-12-4-2-3-11(13)16-12/h2-9H,1H3,(H,15,16). The number of hydrogen-bond donors (Lipinski definition) is 1. The van der Waals surface area contributed by atoms with Gasteiger partial charge in [0.05, 0.1) is 6.04 Å². The Hall–Kier alpha value is -1.61. The van der Waals surface area contributed by atoms with Crippen LogP contribution in [0, 0.1) is 0 Å². The van der Waals surface area contributed by atoms with Crippen LogP contribution in [0.15, 0.2) is 42.7 Å². The Kier molecular flexibility index (Phi) is 3.37. The SMILES string of the molecule is CC(Nc1cccc(Cl)n1)c1ccncc1. The first kappa shape index (κ1) is 10.9. The van der Waals surface area contributed by atoms with Gasteiger partial charge in [-0.1, -0.05) is 17.7 Å². The van der Waals surface area contributed by atoms with Gasteiger partial charge in [0.15, 0.2) is 0 Å². The fourth-order valence-corrected chi connectivity index (χ4v) is 1.61. The highest BCUT2D eigenvalue weighted by molar-refractivity contribution is 6.29. The molecule has 0 saturated heterocycles. The number of anilines is 1. The molecular weight excluding hydrogens is 222 g/mol. The van der Waals surface area contributed by atoms with Gasteiger partial charge in [0.2, 0.25) is 0 Å². The first-order valence-electron chi connectivity index (χ1n) is 5.05. The van der Waals surface area contributed by atoms with Gasteiger partial charge in [-0.15, -0.1) is 0 Å². The molecule has 0 amide bonds. The average Bonchev–Trinajstić information content (AvgIpc) is 2.30. The van der Waals surface area contributed by atoms with Gasteiger partial charge in [0, 0.05) is 12.4 Å². The third-order valence-electron chi connectivity index (χ3n) is 2.29. The van der Waals surface area contributed by atoms with Crippen molar-refractivity contribution in [3.8, 4) is 0 Å². The molecule has 0 saturated carbocycles. The van der Waals surface area contributed by atoms with Crippen LogP contribution in [-0.4, -0.2) is 9.97 Å². The van der Waals surface area contributed by atoms with Crippen molar-refractivity contribution in [3.63, 3.8) is 0 Å². The molecule has 0 aliphatic rings. The lowest BCUT2D eigenvalue weighted by Gasteiger charge is -2.14. The van der Waals surface area contributed by atoms with E-state index in [-0.39, 0.29) is 6.04 Å². The minimum atomic E-state index is 0.175. The Bertz CT molecular complexity index is 459. The van der Waals surface area contributed by atoms with E-state index in [9.17, 15) is 0 Å².